The smallest absolute Gasteiger partial charge is 0.236 e. The highest BCUT2D eigenvalue weighted by molar-refractivity contribution is 5.78. The van der Waals surface area contributed by atoms with Crippen LogP contribution in [0.3, 0.4) is 0 Å². The summed E-state index contributed by atoms with van der Waals surface area (Å²) in [5.74, 6) is 2.56. The molecule has 2 aromatic rings. The van der Waals surface area contributed by atoms with Gasteiger partial charge in [0.2, 0.25) is 5.91 Å². The Morgan fingerprint density at radius 1 is 1.17 bits per heavy atom. The molecule has 1 saturated heterocycles. The first-order valence-corrected chi connectivity index (χ1v) is 13.0. The van der Waals surface area contributed by atoms with Crippen molar-refractivity contribution < 1.29 is 9.53 Å². The van der Waals surface area contributed by atoms with E-state index in [-0.39, 0.29) is 11.3 Å². The van der Waals surface area contributed by atoms with Crippen molar-refractivity contribution in [1.29, 1.82) is 0 Å². The van der Waals surface area contributed by atoms with E-state index < -0.39 is 0 Å². The molecule has 1 saturated carbocycles. The number of ether oxygens (including phenoxy) is 1. The fourth-order valence-electron chi connectivity index (χ4n) is 5.63. The van der Waals surface area contributed by atoms with Gasteiger partial charge in [0.25, 0.3) is 0 Å². The Bertz CT molecular complexity index is 970. The van der Waals surface area contributed by atoms with Crippen LogP contribution in [0.15, 0.2) is 60.8 Å². The van der Waals surface area contributed by atoms with Crippen molar-refractivity contribution in [1.82, 2.24) is 15.2 Å². The number of rotatable bonds is 9. The fraction of sp³-hybridized carbons (Fsp3) is 0.517. The van der Waals surface area contributed by atoms with Gasteiger partial charge in [-0.15, -0.1) is 0 Å². The van der Waals surface area contributed by atoms with Crippen LogP contribution in [-0.4, -0.2) is 55.1 Å². The van der Waals surface area contributed by atoms with Crippen LogP contribution in [0.5, 0.6) is 5.75 Å². The summed E-state index contributed by atoms with van der Waals surface area (Å²) in [5, 5.41) is 3.49. The van der Waals surface area contributed by atoms with E-state index in [9.17, 15) is 4.79 Å². The second kappa shape index (κ2) is 11.7. The molecule has 6 heteroatoms. The van der Waals surface area contributed by atoms with Crippen molar-refractivity contribution in [3.05, 3.63) is 66.4 Å². The Hall–Kier alpha value is -2.86. The number of anilines is 1. The molecule has 2 heterocycles. The van der Waals surface area contributed by atoms with Crippen LogP contribution >= 0.6 is 0 Å². The number of amides is 1. The standard InChI is InChI=1S/C29H40N4O2/c1-4-29(17-23(2)16-24(3)18-29)22-30-20-28(34)33-14-12-32(13-15-33)27-11-10-26(19-31-27)35-21-25-8-6-5-7-9-25/h5-11,19,24,30H,2,4,12-18,20-22H2,1,3H3. The number of carbonyl (C=O) groups is 1. The molecule has 1 aliphatic heterocycles. The van der Waals surface area contributed by atoms with Crippen molar-refractivity contribution in [2.24, 2.45) is 11.3 Å². The van der Waals surface area contributed by atoms with Crippen molar-refractivity contribution >= 4 is 11.7 Å². The molecule has 0 spiro atoms. The first-order valence-electron chi connectivity index (χ1n) is 13.0. The number of hydrogen-bond donors (Lipinski definition) is 1. The number of nitrogens with one attached hydrogen (secondary N) is 1. The Morgan fingerprint density at radius 2 is 1.94 bits per heavy atom. The zero-order chi connectivity index (χ0) is 24.7. The third-order valence-electron chi connectivity index (χ3n) is 7.50. The predicted octanol–water partition coefficient (Wildman–Crippen LogP) is 4.67. The molecule has 4 rings (SSSR count). The Balaban J connectivity index is 1.19. The summed E-state index contributed by atoms with van der Waals surface area (Å²) >= 11 is 0. The molecule has 1 amide bonds. The van der Waals surface area contributed by atoms with Crippen LogP contribution in [0.25, 0.3) is 0 Å². The summed E-state index contributed by atoms with van der Waals surface area (Å²) in [6.45, 7) is 13.7. The van der Waals surface area contributed by atoms with Crippen LogP contribution in [0.4, 0.5) is 5.82 Å². The van der Waals surface area contributed by atoms with Crippen LogP contribution in [0, 0.1) is 11.3 Å². The number of allylic oxidation sites excluding steroid dienone is 1. The van der Waals surface area contributed by atoms with Crippen LogP contribution in [0.2, 0.25) is 0 Å². The summed E-state index contributed by atoms with van der Waals surface area (Å²) in [6, 6.07) is 14.1. The van der Waals surface area contributed by atoms with Gasteiger partial charge in [0.1, 0.15) is 18.2 Å². The molecule has 2 atom stereocenters. The zero-order valence-corrected chi connectivity index (χ0v) is 21.3. The summed E-state index contributed by atoms with van der Waals surface area (Å²) < 4.78 is 5.85. The van der Waals surface area contributed by atoms with Crippen LogP contribution in [0.1, 0.15) is 45.1 Å². The van der Waals surface area contributed by atoms with Crippen molar-refractivity contribution in [2.45, 2.75) is 46.1 Å². The maximum Gasteiger partial charge on any atom is 0.236 e. The van der Waals surface area contributed by atoms with Crippen molar-refractivity contribution in [3.63, 3.8) is 0 Å². The highest BCUT2D eigenvalue weighted by Gasteiger charge is 2.34. The number of benzene rings is 1. The SMILES string of the molecule is C=C1CC(C)CC(CC)(CNCC(=O)N2CCN(c3ccc(OCc4ccccc4)cn3)CC2)C1. The van der Waals surface area contributed by atoms with E-state index in [0.29, 0.717) is 19.1 Å². The predicted molar refractivity (Wildman–Crippen MR) is 142 cm³/mol. The average molecular weight is 477 g/mol. The van der Waals surface area contributed by atoms with Gasteiger partial charge in [-0.05, 0) is 54.7 Å². The minimum Gasteiger partial charge on any atom is -0.487 e. The lowest BCUT2D eigenvalue weighted by Crippen LogP contribution is -2.51. The van der Waals surface area contributed by atoms with E-state index in [2.05, 4.69) is 35.6 Å². The number of aromatic nitrogens is 1. The van der Waals surface area contributed by atoms with E-state index in [1.54, 1.807) is 6.20 Å². The molecule has 1 aliphatic carbocycles. The minimum atomic E-state index is 0.191. The lowest BCUT2D eigenvalue weighted by atomic mass is 9.67. The molecule has 1 aromatic heterocycles. The highest BCUT2D eigenvalue weighted by atomic mass is 16.5. The molecule has 2 fully saturated rings. The molecule has 6 nitrogen and oxygen atoms in total. The highest BCUT2D eigenvalue weighted by Crippen LogP contribution is 2.43. The van der Waals surface area contributed by atoms with Crippen molar-refractivity contribution in [3.8, 4) is 5.75 Å². The maximum absolute atomic E-state index is 12.8. The summed E-state index contributed by atoms with van der Waals surface area (Å²) in [4.78, 5) is 21.6. The van der Waals surface area contributed by atoms with Gasteiger partial charge < -0.3 is 19.9 Å². The van der Waals surface area contributed by atoms with Crippen LogP contribution < -0.4 is 15.0 Å². The number of nitrogens with zero attached hydrogens (tertiary/aromatic N) is 3. The quantitative estimate of drug-likeness (QED) is 0.533. The second-order valence-electron chi connectivity index (χ2n) is 10.4. The Kier molecular flexibility index (Phi) is 8.45. The van der Waals surface area contributed by atoms with Gasteiger partial charge >= 0.3 is 0 Å². The number of carbonyl (C=O) groups excluding carboxylic acids is 1. The molecular weight excluding hydrogens is 436 g/mol. The lowest BCUT2D eigenvalue weighted by molar-refractivity contribution is -0.130. The van der Waals surface area contributed by atoms with Gasteiger partial charge in [0.05, 0.1) is 12.7 Å². The van der Waals surface area contributed by atoms with Crippen LogP contribution in [-0.2, 0) is 11.4 Å². The molecule has 188 valence electrons. The van der Waals surface area contributed by atoms with Crippen molar-refractivity contribution in [2.75, 3.05) is 44.2 Å². The van der Waals surface area contributed by atoms with E-state index in [0.717, 1.165) is 69.1 Å². The van der Waals surface area contributed by atoms with E-state index in [1.165, 1.54) is 12.0 Å². The van der Waals surface area contributed by atoms with E-state index in [1.807, 2.05) is 47.4 Å². The third kappa shape index (κ3) is 6.85. The minimum absolute atomic E-state index is 0.191. The maximum atomic E-state index is 12.8. The van der Waals surface area contributed by atoms with Gasteiger partial charge in [-0.3, -0.25) is 4.79 Å². The Labute approximate surface area is 210 Å². The molecule has 35 heavy (non-hydrogen) atoms. The number of pyridine rings is 1. The molecule has 1 aromatic carbocycles. The summed E-state index contributed by atoms with van der Waals surface area (Å²) in [5.41, 5.74) is 2.74. The van der Waals surface area contributed by atoms with Gasteiger partial charge in [-0.25, -0.2) is 4.98 Å². The molecule has 2 unspecified atom stereocenters. The normalized spacial score (nSPS) is 22.8. The molecule has 2 aliphatic rings. The molecule has 1 N–H and O–H groups in total. The molecular formula is C29H40N4O2. The zero-order valence-electron chi connectivity index (χ0n) is 21.3. The third-order valence-corrected chi connectivity index (χ3v) is 7.50. The topological polar surface area (TPSA) is 57.7 Å². The first kappa shape index (κ1) is 25.2. The number of hydrogen-bond acceptors (Lipinski definition) is 5. The average Bonchev–Trinajstić information content (AvgIpc) is 2.88. The largest absolute Gasteiger partial charge is 0.487 e. The van der Waals surface area contributed by atoms with Gasteiger partial charge in [0.15, 0.2) is 0 Å². The van der Waals surface area contributed by atoms with Gasteiger partial charge in [0, 0.05) is 32.7 Å². The Morgan fingerprint density at radius 3 is 2.60 bits per heavy atom. The van der Waals surface area contributed by atoms with Gasteiger partial charge in [-0.1, -0.05) is 56.3 Å². The summed E-state index contributed by atoms with van der Waals surface area (Å²) in [6.07, 6.45) is 6.34. The molecule has 0 bridgehead atoms. The summed E-state index contributed by atoms with van der Waals surface area (Å²) in [7, 11) is 0. The first-order chi connectivity index (χ1) is 17.0. The number of piperazine rings is 1. The monoisotopic (exact) mass is 476 g/mol. The van der Waals surface area contributed by atoms with E-state index in [4.69, 9.17) is 4.74 Å². The second-order valence-corrected chi connectivity index (χ2v) is 10.4. The lowest BCUT2D eigenvalue weighted by Gasteiger charge is -2.41. The fourth-order valence-corrected chi connectivity index (χ4v) is 5.63. The van der Waals surface area contributed by atoms with Gasteiger partial charge in [-0.2, -0.15) is 0 Å². The molecule has 0 radical (unpaired) electrons. The van der Waals surface area contributed by atoms with E-state index >= 15 is 0 Å².